The first-order chi connectivity index (χ1) is 6.11. The van der Waals surface area contributed by atoms with E-state index in [0.29, 0.717) is 16.1 Å². The Balaban J connectivity index is 2.74. The van der Waals surface area contributed by atoms with Gasteiger partial charge in [0, 0.05) is 5.56 Å². The molecule has 1 aromatic rings. The smallest absolute Gasteiger partial charge is 0.338 e. The van der Waals surface area contributed by atoms with Gasteiger partial charge in [-0.25, -0.2) is 4.79 Å². The highest BCUT2D eigenvalue weighted by atomic mass is 35.5. The average Bonchev–Trinajstić information content (AvgIpc) is 2.45. The van der Waals surface area contributed by atoms with Crippen molar-refractivity contribution in [3.8, 4) is 0 Å². The minimum absolute atomic E-state index is 0.171. The van der Waals surface area contributed by atoms with E-state index in [9.17, 15) is 4.79 Å². The van der Waals surface area contributed by atoms with Crippen LogP contribution in [0.25, 0.3) is 0 Å². The number of cyclic esters (lactones) is 1. The zero-order chi connectivity index (χ0) is 9.59. The van der Waals surface area contributed by atoms with Crippen LogP contribution in [0.4, 0.5) is 0 Å². The van der Waals surface area contributed by atoms with Crippen LogP contribution in [0.5, 0.6) is 0 Å². The first-order valence-corrected chi connectivity index (χ1v) is 4.58. The van der Waals surface area contributed by atoms with Crippen molar-refractivity contribution in [2.45, 2.75) is 6.61 Å². The third kappa shape index (κ3) is 1.30. The standard InChI is InChI=1S/C8H3Cl3O2/c9-5-1-3-4(2-13-8(3)12)6(10)7(5)11/h1H,2H2. The van der Waals surface area contributed by atoms with Gasteiger partial charge >= 0.3 is 5.97 Å². The molecule has 0 bridgehead atoms. The minimum Gasteiger partial charge on any atom is -0.457 e. The topological polar surface area (TPSA) is 26.3 Å². The Morgan fingerprint density at radius 3 is 2.62 bits per heavy atom. The molecule has 1 aliphatic rings. The highest BCUT2D eigenvalue weighted by Gasteiger charge is 2.26. The molecule has 2 rings (SSSR count). The molecule has 13 heavy (non-hydrogen) atoms. The van der Waals surface area contributed by atoms with Crippen LogP contribution in [-0.4, -0.2) is 5.97 Å². The Hall–Kier alpha value is -0.440. The van der Waals surface area contributed by atoms with Crippen molar-refractivity contribution in [1.29, 1.82) is 0 Å². The van der Waals surface area contributed by atoms with Gasteiger partial charge in [0.05, 0.1) is 20.6 Å². The van der Waals surface area contributed by atoms with Gasteiger partial charge in [-0.2, -0.15) is 0 Å². The van der Waals surface area contributed by atoms with Crippen LogP contribution in [0.1, 0.15) is 15.9 Å². The van der Waals surface area contributed by atoms with E-state index in [-0.39, 0.29) is 16.7 Å². The first kappa shape index (κ1) is 9.13. The molecular formula is C8H3Cl3O2. The Bertz CT molecular complexity index is 401. The van der Waals surface area contributed by atoms with Gasteiger partial charge in [0.1, 0.15) is 6.61 Å². The number of hydrogen-bond donors (Lipinski definition) is 0. The lowest BCUT2D eigenvalue weighted by Crippen LogP contribution is -1.93. The van der Waals surface area contributed by atoms with E-state index in [1.807, 2.05) is 0 Å². The molecule has 0 unspecified atom stereocenters. The number of hydrogen-bond acceptors (Lipinski definition) is 2. The van der Waals surface area contributed by atoms with Crippen molar-refractivity contribution >= 4 is 40.8 Å². The summed E-state index contributed by atoms with van der Waals surface area (Å²) in [5.74, 6) is -0.407. The van der Waals surface area contributed by atoms with E-state index >= 15 is 0 Å². The molecule has 1 heterocycles. The van der Waals surface area contributed by atoms with Gasteiger partial charge in [0.15, 0.2) is 0 Å². The summed E-state index contributed by atoms with van der Waals surface area (Å²) in [5.41, 5.74) is 1.01. The van der Waals surface area contributed by atoms with E-state index in [1.54, 1.807) is 0 Å². The molecule has 1 aromatic carbocycles. The van der Waals surface area contributed by atoms with Crippen molar-refractivity contribution < 1.29 is 9.53 Å². The van der Waals surface area contributed by atoms with Crippen molar-refractivity contribution in [3.63, 3.8) is 0 Å². The minimum atomic E-state index is -0.407. The van der Waals surface area contributed by atoms with E-state index in [2.05, 4.69) is 0 Å². The molecule has 0 amide bonds. The maximum atomic E-state index is 11.1. The van der Waals surface area contributed by atoms with Crippen LogP contribution in [0.2, 0.25) is 15.1 Å². The quantitative estimate of drug-likeness (QED) is 0.511. The van der Waals surface area contributed by atoms with E-state index in [1.165, 1.54) is 6.07 Å². The number of halogens is 3. The summed E-state index contributed by atoms with van der Waals surface area (Å²) < 4.78 is 4.77. The second-order valence-electron chi connectivity index (χ2n) is 2.59. The molecule has 5 heteroatoms. The Morgan fingerprint density at radius 1 is 1.23 bits per heavy atom. The summed E-state index contributed by atoms with van der Waals surface area (Å²) in [7, 11) is 0. The summed E-state index contributed by atoms with van der Waals surface area (Å²) in [5, 5.41) is 0.833. The SMILES string of the molecule is O=C1OCc2c1cc(Cl)c(Cl)c2Cl. The lowest BCUT2D eigenvalue weighted by atomic mass is 10.1. The van der Waals surface area contributed by atoms with Gasteiger partial charge < -0.3 is 4.74 Å². The van der Waals surface area contributed by atoms with Gasteiger partial charge in [0.2, 0.25) is 0 Å². The predicted molar refractivity (Wildman–Crippen MR) is 50.6 cm³/mol. The monoisotopic (exact) mass is 236 g/mol. The van der Waals surface area contributed by atoms with E-state index in [4.69, 9.17) is 39.5 Å². The summed E-state index contributed by atoms with van der Waals surface area (Å²) in [4.78, 5) is 11.1. The average molecular weight is 237 g/mol. The number of rotatable bonds is 0. The Labute approximate surface area is 89.3 Å². The lowest BCUT2D eigenvalue weighted by molar-refractivity contribution is 0.0535. The number of fused-ring (bicyclic) bond motifs is 1. The number of benzene rings is 1. The fourth-order valence-electron chi connectivity index (χ4n) is 1.17. The fourth-order valence-corrected chi connectivity index (χ4v) is 1.85. The molecule has 68 valence electrons. The molecule has 0 saturated carbocycles. The number of carbonyl (C=O) groups excluding carboxylic acids is 1. The molecule has 0 aliphatic carbocycles. The Kier molecular flexibility index (Phi) is 2.14. The molecule has 0 aromatic heterocycles. The highest BCUT2D eigenvalue weighted by molar-refractivity contribution is 6.48. The summed E-state index contributed by atoms with van der Waals surface area (Å²) in [6.45, 7) is 0.171. The molecule has 1 aliphatic heterocycles. The number of ether oxygens (including phenoxy) is 1. The molecule has 0 fully saturated rings. The van der Waals surface area contributed by atoms with E-state index in [0.717, 1.165) is 0 Å². The lowest BCUT2D eigenvalue weighted by Gasteiger charge is -2.02. The Morgan fingerprint density at radius 2 is 1.92 bits per heavy atom. The molecular weight excluding hydrogens is 234 g/mol. The van der Waals surface area contributed by atoms with Crippen LogP contribution in [0.15, 0.2) is 6.07 Å². The van der Waals surface area contributed by atoms with Crippen LogP contribution in [0.3, 0.4) is 0 Å². The van der Waals surface area contributed by atoms with Crippen molar-refractivity contribution in [2.24, 2.45) is 0 Å². The second-order valence-corrected chi connectivity index (χ2v) is 3.75. The van der Waals surface area contributed by atoms with Crippen LogP contribution < -0.4 is 0 Å². The third-order valence-corrected chi connectivity index (χ3v) is 3.13. The second kappa shape index (κ2) is 3.05. The zero-order valence-corrected chi connectivity index (χ0v) is 8.50. The maximum absolute atomic E-state index is 11.1. The fraction of sp³-hybridized carbons (Fsp3) is 0.125. The highest BCUT2D eigenvalue weighted by Crippen LogP contribution is 2.38. The van der Waals surface area contributed by atoms with Crippen molar-refractivity contribution in [1.82, 2.24) is 0 Å². The zero-order valence-electron chi connectivity index (χ0n) is 6.23. The molecule has 0 radical (unpaired) electrons. The van der Waals surface area contributed by atoms with Gasteiger partial charge in [0.25, 0.3) is 0 Å². The maximum Gasteiger partial charge on any atom is 0.338 e. The van der Waals surface area contributed by atoms with Gasteiger partial charge in [-0.15, -0.1) is 0 Å². The van der Waals surface area contributed by atoms with Crippen LogP contribution in [-0.2, 0) is 11.3 Å². The largest absolute Gasteiger partial charge is 0.457 e. The molecule has 0 atom stereocenters. The molecule has 0 N–H and O–H groups in total. The van der Waals surface area contributed by atoms with Crippen molar-refractivity contribution in [3.05, 3.63) is 32.3 Å². The molecule has 0 spiro atoms. The first-order valence-electron chi connectivity index (χ1n) is 3.44. The summed E-state index contributed by atoms with van der Waals surface area (Å²) >= 11 is 17.4. The number of esters is 1. The summed E-state index contributed by atoms with van der Waals surface area (Å²) in [6, 6.07) is 1.47. The van der Waals surface area contributed by atoms with Gasteiger partial charge in [-0.05, 0) is 6.07 Å². The molecule has 0 saturated heterocycles. The van der Waals surface area contributed by atoms with E-state index < -0.39 is 5.97 Å². The number of carbonyl (C=O) groups is 1. The third-order valence-electron chi connectivity index (χ3n) is 1.83. The van der Waals surface area contributed by atoms with Gasteiger partial charge in [-0.1, -0.05) is 34.8 Å². The van der Waals surface area contributed by atoms with Crippen molar-refractivity contribution in [2.75, 3.05) is 0 Å². The normalized spacial score (nSPS) is 14.2. The van der Waals surface area contributed by atoms with Crippen LogP contribution >= 0.6 is 34.8 Å². The predicted octanol–water partition coefficient (Wildman–Crippen LogP) is 3.32. The van der Waals surface area contributed by atoms with Gasteiger partial charge in [-0.3, -0.25) is 0 Å². The summed E-state index contributed by atoms with van der Waals surface area (Å²) in [6.07, 6.45) is 0. The molecule has 2 nitrogen and oxygen atoms in total. The van der Waals surface area contributed by atoms with Crippen LogP contribution in [0, 0.1) is 0 Å².